The topological polar surface area (TPSA) is 88.5 Å². The first-order valence-corrected chi connectivity index (χ1v) is 10.5. The van der Waals surface area contributed by atoms with E-state index in [1.807, 2.05) is 13.8 Å². The molecule has 0 aliphatic rings. The van der Waals surface area contributed by atoms with Crippen molar-refractivity contribution >= 4 is 17.5 Å². The Kier molecular flexibility index (Phi) is 8.28. The highest BCUT2D eigenvalue weighted by molar-refractivity contribution is 5.68. The summed E-state index contributed by atoms with van der Waals surface area (Å²) in [6.07, 6.45) is -4.85. The third-order valence-electron chi connectivity index (χ3n) is 4.76. The first kappa shape index (κ1) is 25.9. The highest BCUT2D eigenvalue weighted by atomic mass is 19.4. The maximum Gasteiger partial charge on any atom is 0.573 e. The third kappa shape index (κ3) is 7.95. The van der Waals surface area contributed by atoms with Crippen LogP contribution in [0.5, 0.6) is 11.5 Å². The van der Waals surface area contributed by atoms with Gasteiger partial charge in [-0.2, -0.15) is 13.8 Å². The Labute approximate surface area is 197 Å². The average Bonchev–Trinajstić information content (AvgIpc) is 2.77. The Balaban J connectivity index is 1.95. The molecule has 35 heavy (non-hydrogen) atoms. The van der Waals surface area contributed by atoms with Gasteiger partial charge in [0.1, 0.15) is 17.3 Å². The molecule has 1 aromatic heterocycles. The number of ether oxygens (including phenoxy) is 2. The van der Waals surface area contributed by atoms with Gasteiger partial charge >= 0.3 is 13.0 Å². The Morgan fingerprint density at radius 1 is 0.971 bits per heavy atom. The number of aliphatic hydroxyl groups excluding tert-OH is 1. The molecule has 0 spiro atoms. The third-order valence-corrected chi connectivity index (χ3v) is 4.76. The number of aliphatic hydroxyl groups is 1. The smallest absolute Gasteiger partial charge is 0.435 e. The van der Waals surface area contributed by atoms with Crippen LogP contribution in [0.1, 0.15) is 13.8 Å². The maximum atomic E-state index is 12.7. The normalized spacial score (nSPS) is 12.5. The first-order chi connectivity index (χ1) is 16.5. The van der Waals surface area contributed by atoms with Crippen LogP contribution in [-0.2, 0) is 0 Å². The standard InChI is InChI=1S/C23H23F5N4O3/c1-13(2)19(12-33)31-22-30-18(14-4-3-5-17(10-14)35-23(26,27)28)11-20(32-22)29-15-6-8-16(9-7-15)34-21(24)25/h3-11,13,19,21,33H,12H2,1-2H3,(H2,29,30,31,32)/t19-/m1/s1. The van der Waals surface area contributed by atoms with E-state index >= 15 is 0 Å². The lowest BCUT2D eigenvalue weighted by Crippen LogP contribution is -2.30. The number of aromatic nitrogens is 2. The molecule has 188 valence electrons. The summed E-state index contributed by atoms with van der Waals surface area (Å²) in [5.41, 5.74) is 1.08. The summed E-state index contributed by atoms with van der Waals surface area (Å²) >= 11 is 0. The predicted molar refractivity (Wildman–Crippen MR) is 120 cm³/mol. The number of rotatable bonds is 10. The van der Waals surface area contributed by atoms with Gasteiger partial charge in [-0.05, 0) is 42.3 Å². The molecule has 12 heteroatoms. The molecule has 7 nitrogen and oxygen atoms in total. The number of halogens is 5. The van der Waals surface area contributed by atoms with Gasteiger partial charge in [0.15, 0.2) is 0 Å². The Morgan fingerprint density at radius 3 is 2.29 bits per heavy atom. The number of nitrogens with zero attached hydrogens (tertiary/aromatic N) is 2. The Bertz CT molecular complexity index is 1110. The molecule has 1 heterocycles. The van der Waals surface area contributed by atoms with Crippen molar-refractivity contribution in [2.75, 3.05) is 17.2 Å². The fourth-order valence-corrected chi connectivity index (χ4v) is 3.03. The van der Waals surface area contributed by atoms with Crippen LogP contribution in [0.2, 0.25) is 0 Å². The maximum absolute atomic E-state index is 12.7. The van der Waals surface area contributed by atoms with Gasteiger partial charge in [0.25, 0.3) is 0 Å². The molecule has 1 atom stereocenters. The number of alkyl halides is 5. The van der Waals surface area contributed by atoms with Crippen LogP contribution in [-0.4, -0.2) is 40.7 Å². The summed E-state index contributed by atoms with van der Waals surface area (Å²) in [6.45, 7) is 0.619. The van der Waals surface area contributed by atoms with E-state index in [4.69, 9.17) is 0 Å². The van der Waals surface area contributed by atoms with Crippen molar-refractivity contribution in [2.45, 2.75) is 32.9 Å². The van der Waals surface area contributed by atoms with Crippen LogP contribution in [0.25, 0.3) is 11.3 Å². The lowest BCUT2D eigenvalue weighted by Gasteiger charge is -2.21. The number of anilines is 3. The van der Waals surface area contributed by atoms with Crippen molar-refractivity contribution in [3.63, 3.8) is 0 Å². The van der Waals surface area contributed by atoms with Gasteiger partial charge in [0, 0.05) is 17.3 Å². The highest BCUT2D eigenvalue weighted by Crippen LogP contribution is 2.30. The van der Waals surface area contributed by atoms with Crippen LogP contribution in [0.15, 0.2) is 54.6 Å². The van der Waals surface area contributed by atoms with Crippen molar-refractivity contribution < 1.29 is 36.5 Å². The molecule has 0 saturated carbocycles. The van der Waals surface area contributed by atoms with Crippen molar-refractivity contribution in [2.24, 2.45) is 5.92 Å². The van der Waals surface area contributed by atoms with E-state index in [0.717, 1.165) is 0 Å². The number of hydrogen-bond donors (Lipinski definition) is 3. The van der Waals surface area contributed by atoms with E-state index < -0.39 is 18.7 Å². The summed E-state index contributed by atoms with van der Waals surface area (Å²) in [6, 6.07) is 12.1. The minimum atomic E-state index is -4.85. The zero-order chi connectivity index (χ0) is 25.6. The molecule has 0 amide bonds. The van der Waals surface area contributed by atoms with Gasteiger partial charge in [-0.15, -0.1) is 13.2 Å². The number of nitrogens with one attached hydrogen (secondary N) is 2. The average molecular weight is 498 g/mol. The molecule has 0 unspecified atom stereocenters. The molecule has 2 aromatic carbocycles. The molecule has 3 N–H and O–H groups in total. The van der Waals surface area contributed by atoms with Crippen molar-refractivity contribution in [3.05, 3.63) is 54.6 Å². The van der Waals surface area contributed by atoms with Gasteiger partial charge in [-0.25, -0.2) is 4.98 Å². The quantitative estimate of drug-likeness (QED) is 0.304. The van der Waals surface area contributed by atoms with Gasteiger partial charge < -0.3 is 25.2 Å². The van der Waals surface area contributed by atoms with Crippen LogP contribution >= 0.6 is 0 Å². The summed E-state index contributed by atoms with van der Waals surface area (Å²) in [7, 11) is 0. The molecule has 3 aromatic rings. The molecule has 0 bridgehead atoms. The first-order valence-electron chi connectivity index (χ1n) is 10.5. The molecule has 0 aliphatic heterocycles. The van der Waals surface area contributed by atoms with E-state index in [0.29, 0.717) is 11.3 Å². The summed E-state index contributed by atoms with van der Waals surface area (Å²) in [5.74, 6) is -0.0298. The zero-order valence-electron chi connectivity index (χ0n) is 18.7. The Morgan fingerprint density at radius 2 is 1.69 bits per heavy atom. The molecule has 0 saturated heterocycles. The highest BCUT2D eigenvalue weighted by Gasteiger charge is 2.31. The van der Waals surface area contributed by atoms with E-state index in [2.05, 4.69) is 30.1 Å². The predicted octanol–water partition coefficient (Wildman–Crippen LogP) is 5.82. The van der Waals surface area contributed by atoms with Gasteiger partial charge in [-0.1, -0.05) is 26.0 Å². The summed E-state index contributed by atoms with van der Waals surface area (Å²) < 4.78 is 71.1. The van der Waals surface area contributed by atoms with Crippen LogP contribution in [0.4, 0.5) is 39.4 Å². The number of benzene rings is 2. The van der Waals surface area contributed by atoms with Gasteiger partial charge in [-0.3, -0.25) is 0 Å². The number of hydrogen-bond acceptors (Lipinski definition) is 7. The minimum absolute atomic E-state index is 0.0227. The van der Waals surface area contributed by atoms with Crippen LogP contribution in [0.3, 0.4) is 0 Å². The Hall–Kier alpha value is -3.67. The van der Waals surface area contributed by atoms with Crippen LogP contribution in [0, 0.1) is 5.92 Å². The SMILES string of the molecule is CC(C)[C@@H](CO)Nc1nc(Nc2ccc(OC(F)F)cc2)cc(-c2cccc(OC(F)(F)F)c2)n1. The second-order valence-corrected chi connectivity index (χ2v) is 7.74. The second kappa shape index (κ2) is 11.2. The van der Waals surface area contributed by atoms with Crippen molar-refractivity contribution in [1.29, 1.82) is 0 Å². The monoisotopic (exact) mass is 498 g/mol. The summed E-state index contributed by atoms with van der Waals surface area (Å²) in [5, 5.41) is 15.7. The van der Waals surface area contributed by atoms with Crippen molar-refractivity contribution in [1.82, 2.24) is 9.97 Å². The molecule has 0 aliphatic carbocycles. The van der Waals surface area contributed by atoms with E-state index in [1.165, 1.54) is 48.5 Å². The van der Waals surface area contributed by atoms with E-state index in [-0.39, 0.29) is 41.8 Å². The second-order valence-electron chi connectivity index (χ2n) is 7.74. The van der Waals surface area contributed by atoms with Crippen molar-refractivity contribution in [3.8, 4) is 22.8 Å². The summed E-state index contributed by atoms with van der Waals surface area (Å²) in [4.78, 5) is 8.76. The van der Waals surface area contributed by atoms with E-state index in [9.17, 15) is 27.1 Å². The van der Waals surface area contributed by atoms with Gasteiger partial charge in [0.05, 0.1) is 18.3 Å². The lowest BCUT2D eigenvalue weighted by molar-refractivity contribution is -0.274. The fourth-order valence-electron chi connectivity index (χ4n) is 3.03. The van der Waals surface area contributed by atoms with E-state index in [1.54, 1.807) is 6.07 Å². The lowest BCUT2D eigenvalue weighted by atomic mass is 10.1. The largest absolute Gasteiger partial charge is 0.573 e. The molecule has 0 radical (unpaired) electrons. The fraction of sp³-hybridized carbons (Fsp3) is 0.304. The zero-order valence-corrected chi connectivity index (χ0v) is 18.7. The molecular formula is C23H23F5N4O3. The van der Waals surface area contributed by atoms with Gasteiger partial charge in [0.2, 0.25) is 5.95 Å². The molecular weight excluding hydrogens is 475 g/mol. The van der Waals surface area contributed by atoms with Crippen LogP contribution < -0.4 is 20.1 Å². The molecule has 3 rings (SSSR count). The minimum Gasteiger partial charge on any atom is -0.435 e. The molecule has 0 fully saturated rings.